The monoisotopic (exact) mass is 367 g/mol. The van der Waals surface area contributed by atoms with Crippen LogP contribution in [0.5, 0.6) is 0 Å². The molecule has 0 radical (unpaired) electrons. The summed E-state index contributed by atoms with van der Waals surface area (Å²) in [6, 6.07) is 2.73. The number of hydrogen-bond donors (Lipinski definition) is 0. The molecular weight excluding hydrogens is 355 g/mol. The molecule has 2 saturated carbocycles. The Morgan fingerprint density at radius 1 is 1.04 bits per heavy atom. The van der Waals surface area contributed by atoms with Gasteiger partial charge in [-0.25, -0.2) is 4.90 Å². The lowest BCUT2D eigenvalue weighted by atomic mass is 9.85. The average Bonchev–Trinajstić information content (AvgIpc) is 3.13. The first-order valence-corrected chi connectivity index (χ1v) is 8.56. The van der Waals surface area contributed by atoms with Crippen LogP contribution in [0.15, 0.2) is 30.4 Å². The normalized spacial score (nSPS) is 34.3. The highest BCUT2D eigenvalue weighted by atomic mass is 35.5. The minimum atomic E-state index is -4.57. The van der Waals surface area contributed by atoms with Crippen LogP contribution in [0.1, 0.15) is 18.4 Å². The van der Waals surface area contributed by atoms with E-state index in [1.165, 1.54) is 0 Å². The summed E-state index contributed by atoms with van der Waals surface area (Å²) in [4.78, 5) is 26.8. The van der Waals surface area contributed by atoms with E-state index in [4.69, 9.17) is 11.6 Å². The number of carbonyl (C=O) groups is 2. The number of hydrogen-bond acceptors (Lipinski definition) is 2. The number of alkyl halides is 3. The number of rotatable bonds is 1. The molecule has 3 fully saturated rings. The maximum Gasteiger partial charge on any atom is 0.416 e. The highest BCUT2D eigenvalue weighted by molar-refractivity contribution is 6.36. The molecule has 4 atom stereocenters. The van der Waals surface area contributed by atoms with Crippen LogP contribution in [0.25, 0.3) is 0 Å². The fourth-order valence-corrected chi connectivity index (χ4v) is 5.38. The second-order valence-electron chi connectivity index (χ2n) is 7.40. The van der Waals surface area contributed by atoms with E-state index in [1.54, 1.807) is 0 Å². The number of amides is 2. The second kappa shape index (κ2) is 4.47. The number of carbonyl (C=O) groups excluding carboxylic acids is 2. The van der Waals surface area contributed by atoms with Crippen molar-refractivity contribution in [2.45, 2.75) is 19.0 Å². The Balaban J connectivity index is 1.58. The van der Waals surface area contributed by atoms with Gasteiger partial charge in [0.1, 0.15) is 0 Å². The number of benzene rings is 1. The lowest BCUT2D eigenvalue weighted by Gasteiger charge is -2.23. The van der Waals surface area contributed by atoms with Gasteiger partial charge in [-0.05, 0) is 48.3 Å². The Morgan fingerprint density at radius 3 is 2.08 bits per heavy atom. The maximum absolute atomic E-state index is 13.0. The van der Waals surface area contributed by atoms with Gasteiger partial charge in [0, 0.05) is 0 Å². The van der Waals surface area contributed by atoms with E-state index in [0.717, 1.165) is 35.9 Å². The third kappa shape index (κ3) is 1.78. The van der Waals surface area contributed by atoms with E-state index in [1.807, 2.05) is 12.2 Å². The standard InChI is InChI=1S/C18H13ClF3NO2/c19-11-4-1-8(18(20,21)22)7-12(11)23-15(24)13-9-2-3-10(14(13)16(23)25)17(9)5-6-17/h1-4,7,9-10,13-14H,5-6H2/t9-,10+,13-,14-/m0/s1. The zero-order valence-corrected chi connectivity index (χ0v) is 13.6. The quantitative estimate of drug-likeness (QED) is 0.554. The smallest absolute Gasteiger partial charge is 0.274 e. The molecule has 0 N–H and O–H groups in total. The van der Waals surface area contributed by atoms with Gasteiger partial charge in [0.2, 0.25) is 11.8 Å². The van der Waals surface area contributed by atoms with Gasteiger partial charge in [-0.3, -0.25) is 9.59 Å². The van der Waals surface area contributed by atoms with Crippen LogP contribution in [0.3, 0.4) is 0 Å². The first-order valence-electron chi connectivity index (χ1n) is 8.18. The van der Waals surface area contributed by atoms with Crippen LogP contribution in [0.2, 0.25) is 5.02 Å². The molecule has 2 bridgehead atoms. The van der Waals surface area contributed by atoms with Crippen molar-refractivity contribution in [2.24, 2.45) is 29.1 Å². The largest absolute Gasteiger partial charge is 0.416 e. The van der Waals surface area contributed by atoms with Crippen molar-refractivity contribution in [2.75, 3.05) is 4.90 Å². The number of halogens is 4. The Kier molecular flexibility index (Phi) is 2.76. The van der Waals surface area contributed by atoms with Crippen molar-refractivity contribution >= 4 is 29.1 Å². The van der Waals surface area contributed by atoms with Gasteiger partial charge >= 0.3 is 6.18 Å². The zero-order valence-electron chi connectivity index (χ0n) is 12.9. The summed E-state index contributed by atoms with van der Waals surface area (Å²) >= 11 is 6.04. The third-order valence-electron chi connectivity index (χ3n) is 6.37. The Hall–Kier alpha value is -1.82. The fraction of sp³-hybridized carbons (Fsp3) is 0.444. The van der Waals surface area contributed by atoms with E-state index in [0.29, 0.717) is 0 Å². The van der Waals surface area contributed by atoms with E-state index in [9.17, 15) is 22.8 Å². The molecule has 5 rings (SSSR count). The third-order valence-corrected chi connectivity index (χ3v) is 6.69. The fourth-order valence-electron chi connectivity index (χ4n) is 5.18. The second-order valence-corrected chi connectivity index (χ2v) is 7.80. The van der Waals surface area contributed by atoms with E-state index in [2.05, 4.69) is 0 Å². The van der Waals surface area contributed by atoms with Crippen molar-refractivity contribution in [1.82, 2.24) is 0 Å². The lowest BCUT2D eigenvalue weighted by molar-refractivity contribution is -0.137. The summed E-state index contributed by atoms with van der Waals surface area (Å²) in [6.45, 7) is 0. The summed E-state index contributed by atoms with van der Waals surface area (Å²) in [5, 5.41) is -0.0314. The average molecular weight is 368 g/mol. The number of anilines is 1. The number of imide groups is 1. The summed E-state index contributed by atoms with van der Waals surface area (Å²) < 4.78 is 39.0. The molecule has 3 aliphatic carbocycles. The molecule has 0 aromatic heterocycles. The predicted molar refractivity (Wildman–Crippen MR) is 83.7 cm³/mol. The molecule has 1 saturated heterocycles. The summed E-state index contributed by atoms with van der Waals surface area (Å²) in [7, 11) is 0. The molecule has 1 aromatic carbocycles. The summed E-state index contributed by atoms with van der Waals surface area (Å²) in [6.07, 6.45) is 1.47. The van der Waals surface area contributed by atoms with Gasteiger partial charge in [0.25, 0.3) is 0 Å². The summed E-state index contributed by atoms with van der Waals surface area (Å²) in [5.74, 6) is -1.72. The molecule has 3 nitrogen and oxygen atoms in total. The van der Waals surface area contributed by atoms with Gasteiger partial charge in [0.15, 0.2) is 0 Å². The van der Waals surface area contributed by atoms with Crippen molar-refractivity contribution in [3.05, 3.63) is 40.9 Å². The van der Waals surface area contributed by atoms with Gasteiger partial charge < -0.3 is 0 Å². The van der Waals surface area contributed by atoms with Gasteiger partial charge in [0.05, 0.1) is 28.1 Å². The number of allylic oxidation sites excluding steroid dienone is 2. The van der Waals surface area contributed by atoms with Crippen molar-refractivity contribution < 1.29 is 22.8 Å². The van der Waals surface area contributed by atoms with Crippen molar-refractivity contribution in [3.8, 4) is 0 Å². The molecular formula is C18H13ClF3NO2. The molecule has 0 unspecified atom stereocenters. The Labute approximate surface area is 146 Å². The predicted octanol–water partition coefficient (Wildman–Crippen LogP) is 4.06. The van der Waals surface area contributed by atoms with Crippen LogP contribution >= 0.6 is 11.6 Å². The highest BCUT2D eigenvalue weighted by Crippen LogP contribution is 2.73. The highest BCUT2D eigenvalue weighted by Gasteiger charge is 2.73. The number of nitrogens with zero attached hydrogens (tertiary/aromatic N) is 1. The topological polar surface area (TPSA) is 37.4 Å². The van der Waals surface area contributed by atoms with Crippen molar-refractivity contribution in [1.29, 1.82) is 0 Å². The van der Waals surface area contributed by atoms with E-state index < -0.39 is 35.4 Å². The van der Waals surface area contributed by atoms with Crippen LogP contribution < -0.4 is 4.90 Å². The van der Waals surface area contributed by atoms with E-state index >= 15 is 0 Å². The Bertz CT molecular complexity index is 824. The molecule has 25 heavy (non-hydrogen) atoms. The number of fused-ring (bicyclic) bond motifs is 3. The minimum Gasteiger partial charge on any atom is -0.274 e. The molecule has 1 heterocycles. The van der Waals surface area contributed by atoms with Crippen LogP contribution in [0, 0.1) is 29.1 Å². The van der Waals surface area contributed by atoms with Crippen molar-refractivity contribution in [3.63, 3.8) is 0 Å². The lowest BCUT2D eigenvalue weighted by Crippen LogP contribution is -2.35. The molecule has 1 aliphatic heterocycles. The molecule has 2 amide bonds. The summed E-state index contributed by atoms with van der Waals surface area (Å²) in [5.41, 5.74) is -1.04. The van der Waals surface area contributed by atoms with Gasteiger partial charge in [-0.2, -0.15) is 13.2 Å². The van der Waals surface area contributed by atoms with Gasteiger partial charge in [-0.15, -0.1) is 0 Å². The minimum absolute atomic E-state index is 0.0218. The SMILES string of the molecule is O=C1[C@@H]2[C@@H](C(=O)N1c1cc(C(F)(F)F)ccc1Cl)[C@@H]1C=C[C@H]2C12CC2. The van der Waals surface area contributed by atoms with Gasteiger partial charge in [-0.1, -0.05) is 23.8 Å². The first-order chi connectivity index (χ1) is 11.8. The van der Waals surface area contributed by atoms with E-state index in [-0.39, 0.29) is 28.0 Å². The molecule has 1 aromatic rings. The first kappa shape index (κ1) is 15.4. The van der Waals surface area contributed by atoms with Crippen LogP contribution in [-0.4, -0.2) is 11.8 Å². The van der Waals surface area contributed by atoms with Crippen LogP contribution in [0.4, 0.5) is 18.9 Å². The Morgan fingerprint density at radius 2 is 1.60 bits per heavy atom. The van der Waals surface area contributed by atoms with Crippen LogP contribution in [-0.2, 0) is 15.8 Å². The maximum atomic E-state index is 13.0. The zero-order chi connectivity index (χ0) is 17.7. The molecule has 7 heteroatoms. The molecule has 1 spiro atoms. The molecule has 4 aliphatic rings. The molecule has 130 valence electrons.